The first-order valence-electron chi connectivity index (χ1n) is 5.54. The van der Waals surface area contributed by atoms with Crippen molar-refractivity contribution in [1.82, 2.24) is 0 Å². The topological polar surface area (TPSA) is 60.2 Å². The van der Waals surface area contributed by atoms with Crippen LogP contribution in [0.25, 0.3) is 0 Å². The molecule has 0 fully saturated rings. The quantitative estimate of drug-likeness (QED) is 0.264. The zero-order valence-electron chi connectivity index (χ0n) is 11.2. The van der Waals surface area contributed by atoms with Gasteiger partial charge in [0.2, 0.25) is 5.78 Å². The van der Waals surface area contributed by atoms with E-state index in [1.54, 1.807) is 13.8 Å². The van der Waals surface area contributed by atoms with Gasteiger partial charge in [-0.05, 0) is 57.2 Å². The van der Waals surface area contributed by atoms with Crippen molar-refractivity contribution in [3.05, 3.63) is 37.9 Å². The monoisotopic (exact) mass is 245 g/mol. The Morgan fingerprint density at radius 2 is 1.56 bits per heavy atom. The molecule has 1 aromatic carbocycles. The average Bonchev–Trinajstić information content (AvgIpc) is 2.30. The fourth-order valence-corrected chi connectivity index (χ4v) is 1.97. The molecule has 0 amide bonds. The maximum absolute atomic E-state index is 11.9. The molecule has 4 nitrogen and oxygen atoms in total. The van der Waals surface area contributed by atoms with Gasteiger partial charge in [-0.25, -0.2) is 0 Å². The number of nitro groups is 1. The van der Waals surface area contributed by atoms with Crippen molar-refractivity contribution in [3.63, 3.8) is 0 Å². The van der Waals surface area contributed by atoms with Crippen LogP contribution in [-0.2, 0) is 0 Å². The lowest BCUT2D eigenvalue weighted by molar-refractivity contribution is -0.385. The molecule has 0 heterocycles. The molecule has 94 valence electrons. The van der Waals surface area contributed by atoms with Crippen LogP contribution in [0.1, 0.15) is 39.5 Å². The molecule has 0 unspecified atom stereocenters. The Balaban J connectivity index is 3.81. The lowest BCUT2D eigenvalue weighted by Crippen LogP contribution is -2.09. The summed E-state index contributed by atoms with van der Waals surface area (Å²) in [4.78, 5) is 22.6. The number of carbonyl (C=O) groups is 1. The second-order valence-electron chi connectivity index (χ2n) is 4.18. The Morgan fingerprint density at radius 3 is 2.00 bits per heavy atom. The van der Waals surface area contributed by atoms with Gasteiger partial charge in [0.1, 0.15) is 5.56 Å². The number of carbonyl (C=O) groups excluding carboxylic acids is 1. The number of ketones is 1. The van der Waals surface area contributed by atoms with E-state index in [2.05, 4.69) is 11.8 Å². The average molecular weight is 245 g/mol. The van der Waals surface area contributed by atoms with Crippen molar-refractivity contribution in [1.29, 1.82) is 0 Å². The van der Waals surface area contributed by atoms with Crippen molar-refractivity contribution in [3.8, 4) is 11.8 Å². The highest BCUT2D eigenvalue weighted by molar-refractivity contribution is 6.13. The highest BCUT2D eigenvalue weighted by Gasteiger charge is 2.27. The molecular formula is C14H15NO3. The van der Waals surface area contributed by atoms with Gasteiger partial charge in [-0.3, -0.25) is 14.9 Å². The summed E-state index contributed by atoms with van der Waals surface area (Å²) in [7, 11) is 0. The number of hydrogen-bond donors (Lipinski definition) is 0. The van der Waals surface area contributed by atoms with Gasteiger partial charge >= 0.3 is 0 Å². The predicted octanol–water partition coefficient (Wildman–Crippen LogP) is 3.03. The number of nitrogens with zero attached hydrogens (tertiary/aromatic N) is 1. The van der Waals surface area contributed by atoms with Crippen LogP contribution in [0.5, 0.6) is 0 Å². The van der Waals surface area contributed by atoms with Gasteiger partial charge in [-0.2, -0.15) is 0 Å². The van der Waals surface area contributed by atoms with Crippen LogP contribution in [-0.4, -0.2) is 10.7 Å². The van der Waals surface area contributed by atoms with Crippen LogP contribution in [0.4, 0.5) is 5.69 Å². The van der Waals surface area contributed by atoms with E-state index in [-0.39, 0.29) is 11.3 Å². The molecule has 0 aliphatic carbocycles. The minimum Gasteiger partial charge on any atom is -0.279 e. The highest BCUT2D eigenvalue weighted by Crippen LogP contribution is 2.32. The van der Waals surface area contributed by atoms with E-state index in [0.717, 1.165) is 11.1 Å². The first-order chi connectivity index (χ1) is 8.32. The highest BCUT2D eigenvalue weighted by atomic mass is 16.6. The summed E-state index contributed by atoms with van der Waals surface area (Å²) >= 11 is 0. The molecule has 0 radical (unpaired) electrons. The van der Waals surface area contributed by atoms with Gasteiger partial charge < -0.3 is 0 Å². The van der Waals surface area contributed by atoms with Crippen LogP contribution in [0.15, 0.2) is 0 Å². The fourth-order valence-electron chi connectivity index (χ4n) is 1.97. The van der Waals surface area contributed by atoms with Gasteiger partial charge in [0.15, 0.2) is 0 Å². The van der Waals surface area contributed by atoms with Gasteiger partial charge in [0.05, 0.1) is 4.92 Å². The lowest BCUT2D eigenvalue weighted by Gasteiger charge is -2.13. The number of hydrogen-bond acceptors (Lipinski definition) is 3. The van der Waals surface area contributed by atoms with Crippen molar-refractivity contribution in [2.75, 3.05) is 0 Å². The molecule has 0 spiro atoms. The standard InChI is InChI=1S/C14H15NO3/c1-6-7-12(16)13-10(4)8(2)9(3)11(5)14(13)15(17)18/h1-5H3. The molecule has 0 saturated carbocycles. The lowest BCUT2D eigenvalue weighted by atomic mass is 9.90. The summed E-state index contributed by atoms with van der Waals surface area (Å²) < 4.78 is 0. The minimum atomic E-state index is -0.501. The molecule has 0 aliphatic rings. The molecule has 0 N–H and O–H groups in total. The molecule has 18 heavy (non-hydrogen) atoms. The van der Waals surface area contributed by atoms with E-state index in [9.17, 15) is 14.9 Å². The van der Waals surface area contributed by atoms with E-state index in [4.69, 9.17) is 0 Å². The Kier molecular flexibility index (Phi) is 3.87. The van der Waals surface area contributed by atoms with Gasteiger partial charge in [0, 0.05) is 5.56 Å². The molecule has 0 bridgehead atoms. The smallest absolute Gasteiger partial charge is 0.279 e. The maximum atomic E-state index is 11.9. The van der Waals surface area contributed by atoms with Crippen molar-refractivity contribution >= 4 is 11.5 Å². The van der Waals surface area contributed by atoms with Crippen molar-refractivity contribution < 1.29 is 9.72 Å². The molecule has 0 atom stereocenters. The molecule has 1 aromatic rings. The fraction of sp³-hybridized carbons (Fsp3) is 0.357. The first-order valence-corrected chi connectivity index (χ1v) is 5.54. The zero-order valence-corrected chi connectivity index (χ0v) is 11.2. The zero-order chi connectivity index (χ0) is 14.0. The maximum Gasteiger partial charge on any atom is 0.284 e. The molecule has 0 saturated heterocycles. The summed E-state index contributed by atoms with van der Waals surface area (Å²) in [5.41, 5.74) is 2.92. The van der Waals surface area contributed by atoms with E-state index in [1.807, 2.05) is 13.8 Å². The second kappa shape index (κ2) is 5.01. The number of benzene rings is 1. The Labute approximate surface area is 106 Å². The summed E-state index contributed by atoms with van der Waals surface area (Å²) in [6, 6.07) is 0. The minimum absolute atomic E-state index is 0.120. The first kappa shape index (κ1) is 13.9. The largest absolute Gasteiger partial charge is 0.284 e. The van der Waals surface area contributed by atoms with Crippen LogP contribution >= 0.6 is 0 Å². The van der Waals surface area contributed by atoms with Crippen molar-refractivity contribution in [2.45, 2.75) is 34.6 Å². The summed E-state index contributed by atoms with van der Waals surface area (Å²) in [6.07, 6.45) is 0. The SMILES string of the molecule is CC#CC(=O)c1c(C)c(C)c(C)c(C)c1[N+](=O)[O-]. The molecule has 0 aliphatic heterocycles. The number of Topliss-reactive ketones (excluding diaryl/α,β-unsaturated/α-hetero) is 1. The predicted molar refractivity (Wildman–Crippen MR) is 69.8 cm³/mol. The Morgan fingerprint density at radius 1 is 1.06 bits per heavy atom. The van der Waals surface area contributed by atoms with Gasteiger partial charge in [-0.1, -0.05) is 5.92 Å². The molecule has 0 aromatic heterocycles. The summed E-state index contributed by atoms with van der Waals surface area (Å²) in [5.74, 6) is 4.38. The van der Waals surface area contributed by atoms with E-state index < -0.39 is 10.7 Å². The van der Waals surface area contributed by atoms with Crippen LogP contribution < -0.4 is 0 Å². The molecular weight excluding hydrogens is 230 g/mol. The van der Waals surface area contributed by atoms with E-state index in [0.29, 0.717) is 11.1 Å². The third-order valence-electron chi connectivity index (χ3n) is 3.30. The van der Waals surface area contributed by atoms with Crippen LogP contribution in [0, 0.1) is 49.7 Å². The Hall–Kier alpha value is -2.15. The summed E-state index contributed by atoms with van der Waals surface area (Å²) in [6.45, 7) is 8.60. The number of rotatable bonds is 2. The Bertz CT molecular complexity index is 604. The van der Waals surface area contributed by atoms with Crippen LogP contribution in [0.3, 0.4) is 0 Å². The number of nitro benzene ring substituents is 1. The second-order valence-corrected chi connectivity index (χ2v) is 4.18. The molecule has 4 heteroatoms. The van der Waals surface area contributed by atoms with Crippen molar-refractivity contribution in [2.24, 2.45) is 0 Å². The third kappa shape index (κ3) is 2.12. The van der Waals surface area contributed by atoms with E-state index >= 15 is 0 Å². The third-order valence-corrected chi connectivity index (χ3v) is 3.30. The van der Waals surface area contributed by atoms with Gasteiger partial charge in [-0.15, -0.1) is 0 Å². The molecule has 1 rings (SSSR count). The normalized spacial score (nSPS) is 9.61. The van der Waals surface area contributed by atoms with Crippen LogP contribution in [0.2, 0.25) is 0 Å². The van der Waals surface area contributed by atoms with Gasteiger partial charge in [0.25, 0.3) is 5.69 Å². The van der Waals surface area contributed by atoms with E-state index in [1.165, 1.54) is 6.92 Å². The summed E-state index contributed by atoms with van der Waals surface area (Å²) in [5, 5.41) is 11.2.